The Morgan fingerprint density at radius 1 is 1.38 bits per heavy atom. The van der Waals surface area contributed by atoms with Crippen LogP contribution in [0, 0.1) is 0 Å². The van der Waals surface area contributed by atoms with E-state index in [4.69, 9.17) is 0 Å². The van der Waals surface area contributed by atoms with Gasteiger partial charge in [0.1, 0.15) is 0 Å². The average molecular weight is 242 g/mol. The molecule has 2 nitrogen and oxygen atoms in total. The van der Waals surface area contributed by atoms with Gasteiger partial charge in [0.25, 0.3) is 0 Å². The molecule has 16 heavy (non-hydrogen) atoms. The van der Waals surface area contributed by atoms with Crippen LogP contribution in [-0.2, 0) is 0 Å². The number of hydrogen-bond acceptors (Lipinski definition) is 3. The van der Waals surface area contributed by atoms with Gasteiger partial charge in [-0.15, -0.1) is 0 Å². The lowest BCUT2D eigenvalue weighted by Crippen LogP contribution is -2.62. The molecular weight excluding hydrogens is 216 g/mol. The van der Waals surface area contributed by atoms with Gasteiger partial charge < -0.3 is 5.32 Å². The minimum atomic E-state index is 0.489. The van der Waals surface area contributed by atoms with Gasteiger partial charge in [-0.3, -0.25) is 4.90 Å². The van der Waals surface area contributed by atoms with E-state index >= 15 is 0 Å². The van der Waals surface area contributed by atoms with Gasteiger partial charge in [0.15, 0.2) is 0 Å². The van der Waals surface area contributed by atoms with E-state index in [2.05, 4.69) is 35.8 Å². The molecule has 0 aromatic heterocycles. The fraction of sp³-hybridized carbons (Fsp3) is 1.00. The van der Waals surface area contributed by atoms with Crippen molar-refractivity contribution in [2.24, 2.45) is 0 Å². The summed E-state index contributed by atoms with van der Waals surface area (Å²) in [4.78, 5) is 2.71. The van der Waals surface area contributed by atoms with Crippen LogP contribution >= 0.6 is 11.8 Å². The Balaban J connectivity index is 1.84. The number of hydrogen-bond donors (Lipinski definition) is 1. The van der Waals surface area contributed by atoms with Crippen LogP contribution in [0.15, 0.2) is 0 Å². The molecule has 1 spiro atoms. The molecule has 1 unspecified atom stereocenters. The Bertz CT molecular complexity index is 214. The van der Waals surface area contributed by atoms with Crippen LogP contribution in [0.1, 0.15) is 39.5 Å². The fourth-order valence-electron chi connectivity index (χ4n) is 3.11. The van der Waals surface area contributed by atoms with Crippen molar-refractivity contribution in [2.45, 2.75) is 51.1 Å². The quantitative estimate of drug-likeness (QED) is 0.762. The minimum Gasteiger partial charge on any atom is -0.308 e. The van der Waals surface area contributed by atoms with E-state index in [-0.39, 0.29) is 0 Å². The van der Waals surface area contributed by atoms with E-state index in [1.807, 2.05) is 0 Å². The Morgan fingerprint density at radius 3 is 2.81 bits per heavy atom. The van der Waals surface area contributed by atoms with Gasteiger partial charge in [0.05, 0.1) is 0 Å². The molecule has 0 aromatic carbocycles. The largest absolute Gasteiger partial charge is 0.308 e. The molecule has 1 atom stereocenters. The zero-order valence-corrected chi connectivity index (χ0v) is 11.6. The summed E-state index contributed by atoms with van der Waals surface area (Å²) in [6.07, 6.45) is 5.66. The molecule has 1 saturated carbocycles. The van der Waals surface area contributed by atoms with Crippen molar-refractivity contribution < 1.29 is 0 Å². The molecule has 2 aliphatic rings. The summed E-state index contributed by atoms with van der Waals surface area (Å²) in [5, 5.41) is 3.82. The minimum absolute atomic E-state index is 0.489. The van der Waals surface area contributed by atoms with Crippen LogP contribution in [0.25, 0.3) is 0 Å². The first-order chi connectivity index (χ1) is 7.76. The number of nitrogens with one attached hydrogen (secondary N) is 1. The molecule has 3 heteroatoms. The highest BCUT2D eigenvalue weighted by molar-refractivity contribution is 7.99. The summed E-state index contributed by atoms with van der Waals surface area (Å²) in [5.41, 5.74) is 0.489. The Hall–Kier alpha value is 0.270. The number of thioether (sulfide) groups is 1. The van der Waals surface area contributed by atoms with Crippen LogP contribution in [-0.4, -0.2) is 47.6 Å². The SMILES string of the molecule is CCSCCN1CC2(CCCC2)NCC1C. The molecule has 0 aromatic rings. The topological polar surface area (TPSA) is 15.3 Å². The summed E-state index contributed by atoms with van der Waals surface area (Å²) < 4.78 is 0. The Kier molecular flexibility index (Phi) is 4.57. The molecule has 1 heterocycles. The van der Waals surface area contributed by atoms with Crippen molar-refractivity contribution in [1.29, 1.82) is 0 Å². The van der Waals surface area contributed by atoms with Crippen molar-refractivity contribution in [2.75, 3.05) is 31.1 Å². The van der Waals surface area contributed by atoms with Crippen LogP contribution in [0.4, 0.5) is 0 Å². The Labute approximate surface area is 105 Å². The lowest BCUT2D eigenvalue weighted by molar-refractivity contribution is 0.0955. The zero-order chi connectivity index (χ0) is 11.4. The maximum atomic E-state index is 3.82. The maximum Gasteiger partial charge on any atom is 0.0309 e. The summed E-state index contributed by atoms with van der Waals surface area (Å²) in [6.45, 7) is 8.38. The molecule has 0 radical (unpaired) electrons. The first-order valence-corrected chi connectivity index (χ1v) is 7.98. The molecule has 1 saturated heterocycles. The molecule has 1 N–H and O–H groups in total. The van der Waals surface area contributed by atoms with Crippen LogP contribution < -0.4 is 5.32 Å². The Morgan fingerprint density at radius 2 is 2.12 bits per heavy atom. The first kappa shape index (κ1) is 12.7. The van der Waals surface area contributed by atoms with Crippen LogP contribution in [0.3, 0.4) is 0 Å². The smallest absolute Gasteiger partial charge is 0.0309 e. The van der Waals surface area contributed by atoms with E-state index in [1.54, 1.807) is 0 Å². The van der Waals surface area contributed by atoms with Gasteiger partial charge in [-0.2, -0.15) is 11.8 Å². The third-order valence-corrected chi connectivity index (χ3v) is 5.07. The van der Waals surface area contributed by atoms with Crippen LogP contribution in [0.2, 0.25) is 0 Å². The standard InChI is InChI=1S/C13H26N2S/c1-3-16-9-8-15-11-13(6-4-5-7-13)14-10-12(15)2/h12,14H,3-11H2,1-2H3. The van der Waals surface area contributed by atoms with Crippen molar-refractivity contribution in [1.82, 2.24) is 10.2 Å². The summed E-state index contributed by atoms with van der Waals surface area (Å²) in [6, 6.07) is 0.726. The first-order valence-electron chi connectivity index (χ1n) is 6.82. The normalized spacial score (nSPS) is 30.0. The zero-order valence-electron chi connectivity index (χ0n) is 10.8. The maximum absolute atomic E-state index is 3.82. The highest BCUT2D eigenvalue weighted by Gasteiger charge is 2.39. The molecule has 2 rings (SSSR count). The second kappa shape index (κ2) is 5.74. The molecule has 0 amide bonds. The van der Waals surface area contributed by atoms with Gasteiger partial charge in [-0.05, 0) is 25.5 Å². The van der Waals surface area contributed by atoms with Crippen molar-refractivity contribution in [3.05, 3.63) is 0 Å². The molecule has 0 bridgehead atoms. The third-order valence-electron chi connectivity index (χ3n) is 4.19. The molecule has 2 fully saturated rings. The number of piperazine rings is 1. The van der Waals surface area contributed by atoms with E-state index < -0.39 is 0 Å². The number of nitrogens with zero attached hydrogens (tertiary/aromatic N) is 1. The summed E-state index contributed by atoms with van der Waals surface area (Å²) in [5.74, 6) is 2.56. The highest BCUT2D eigenvalue weighted by atomic mass is 32.2. The van der Waals surface area contributed by atoms with Crippen molar-refractivity contribution in [3.63, 3.8) is 0 Å². The van der Waals surface area contributed by atoms with Gasteiger partial charge in [0.2, 0.25) is 0 Å². The van der Waals surface area contributed by atoms with Crippen molar-refractivity contribution >= 4 is 11.8 Å². The van der Waals surface area contributed by atoms with E-state index in [0.29, 0.717) is 5.54 Å². The second-order valence-corrected chi connectivity index (χ2v) is 6.78. The second-order valence-electron chi connectivity index (χ2n) is 5.38. The fourth-order valence-corrected chi connectivity index (χ4v) is 3.76. The third kappa shape index (κ3) is 2.93. The van der Waals surface area contributed by atoms with Crippen LogP contribution in [0.5, 0.6) is 0 Å². The lowest BCUT2D eigenvalue weighted by Gasteiger charge is -2.45. The lowest BCUT2D eigenvalue weighted by atomic mass is 9.93. The summed E-state index contributed by atoms with van der Waals surface area (Å²) >= 11 is 2.07. The summed E-state index contributed by atoms with van der Waals surface area (Å²) in [7, 11) is 0. The monoisotopic (exact) mass is 242 g/mol. The van der Waals surface area contributed by atoms with Crippen molar-refractivity contribution in [3.8, 4) is 0 Å². The average Bonchev–Trinajstić information content (AvgIpc) is 2.73. The molecule has 1 aliphatic carbocycles. The van der Waals surface area contributed by atoms with E-state index in [1.165, 1.54) is 56.8 Å². The number of rotatable bonds is 4. The van der Waals surface area contributed by atoms with Gasteiger partial charge in [-0.1, -0.05) is 19.8 Å². The van der Waals surface area contributed by atoms with E-state index in [9.17, 15) is 0 Å². The predicted molar refractivity (Wildman–Crippen MR) is 73.2 cm³/mol. The van der Waals surface area contributed by atoms with Gasteiger partial charge in [0, 0.05) is 37.0 Å². The van der Waals surface area contributed by atoms with Gasteiger partial charge in [-0.25, -0.2) is 0 Å². The molecular formula is C13H26N2S. The highest BCUT2D eigenvalue weighted by Crippen LogP contribution is 2.33. The molecule has 94 valence electrons. The van der Waals surface area contributed by atoms with Gasteiger partial charge >= 0.3 is 0 Å². The molecule has 1 aliphatic heterocycles. The predicted octanol–water partition coefficient (Wildman–Crippen LogP) is 2.35. The van der Waals surface area contributed by atoms with E-state index in [0.717, 1.165) is 6.04 Å².